The van der Waals surface area contributed by atoms with Crippen molar-refractivity contribution in [3.63, 3.8) is 0 Å². The minimum atomic E-state index is -0.284. The second kappa shape index (κ2) is 9.89. The zero-order valence-electron chi connectivity index (χ0n) is 19.4. The van der Waals surface area contributed by atoms with Crippen LogP contribution in [0.3, 0.4) is 0 Å². The van der Waals surface area contributed by atoms with Gasteiger partial charge in [0.1, 0.15) is 5.75 Å². The van der Waals surface area contributed by atoms with Gasteiger partial charge >= 0.3 is 5.97 Å². The molecule has 1 fully saturated rings. The minimum Gasteiger partial charge on any atom is -0.484 e. The molecule has 3 aliphatic rings. The normalized spacial score (nSPS) is 23.0. The lowest BCUT2D eigenvalue weighted by atomic mass is 9.76. The highest BCUT2D eigenvalue weighted by Gasteiger charge is 2.38. The smallest absolute Gasteiger partial charge is 0.338 e. The number of morpholine rings is 1. The fourth-order valence-electron chi connectivity index (χ4n) is 5.09. The number of hydrogen-bond acceptors (Lipinski definition) is 6. The molecule has 178 valence electrons. The molecule has 2 aromatic carbocycles. The molecule has 2 aromatic rings. The Morgan fingerprint density at radius 3 is 2.68 bits per heavy atom. The Morgan fingerprint density at radius 2 is 1.91 bits per heavy atom. The van der Waals surface area contributed by atoms with Gasteiger partial charge in [0.25, 0.3) is 5.91 Å². The molecule has 2 aliphatic heterocycles. The molecule has 1 aliphatic carbocycles. The molecule has 3 atom stereocenters. The first-order chi connectivity index (χ1) is 16.6. The first kappa shape index (κ1) is 22.5. The minimum absolute atomic E-state index is 0.0139. The van der Waals surface area contributed by atoms with Gasteiger partial charge in [-0.3, -0.25) is 4.79 Å². The zero-order valence-corrected chi connectivity index (χ0v) is 19.4. The molecule has 7 heteroatoms. The Labute approximate surface area is 199 Å². The summed E-state index contributed by atoms with van der Waals surface area (Å²) in [5.74, 6) is 0.993. The van der Waals surface area contributed by atoms with Crippen LogP contribution in [0, 0.1) is 5.92 Å². The number of esters is 1. The van der Waals surface area contributed by atoms with Crippen molar-refractivity contribution in [2.24, 2.45) is 5.92 Å². The molecule has 34 heavy (non-hydrogen) atoms. The van der Waals surface area contributed by atoms with Gasteiger partial charge < -0.3 is 24.4 Å². The van der Waals surface area contributed by atoms with E-state index in [0.717, 1.165) is 17.7 Å². The number of rotatable bonds is 6. The molecule has 1 saturated heterocycles. The lowest BCUT2D eigenvalue weighted by Crippen LogP contribution is -2.42. The predicted molar refractivity (Wildman–Crippen MR) is 128 cm³/mol. The molecule has 2 heterocycles. The number of hydrogen-bond donors (Lipinski definition) is 1. The third-order valence-electron chi connectivity index (χ3n) is 6.84. The zero-order chi connectivity index (χ0) is 23.5. The van der Waals surface area contributed by atoms with Crippen LogP contribution in [0.2, 0.25) is 0 Å². The molecule has 0 saturated carbocycles. The largest absolute Gasteiger partial charge is 0.484 e. The van der Waals surface area contributed by atoms with Crippen molar-refractivity contribution in [1.82, 2.24) is 4.90 Å². The molecule has 1 amide bonds. The summed E-state index contributed by atoms with van der Waals surface area (Å²) in [5, 5.41) is 3.69. The van der Waals surface area contributed by atoms with E-state index in [9.17, 15) is 9.59 Å². The Balaban J connectivity index is 1.28. The third kappa shape index (κ3) is 4.53. The van der Waals surface area contributed by atoms with E-state index in [1.54, 1.807) is 4.90 Å². The second-order valence-corrected chi connectivity index (χ2v) is 8.85. The van der Waals surface area contributed by atoms with Gasteiger partial charge in [-0.05, 0) is 60.7 Å². The lowest BCUT2D eigenvalue weighted by Gasteiger charge is -2.37. The maximum absolute atomic E-state index is 12.3. The maximum atomic E-state index is 12.3. The van der Waals surface area contributed by atoms with E-state index in [4.69, 9.17) is 14.2 Å². The number of amides is 1. The highest BCUT2D eigenvalue weighted by molar-refractivity contribution is 5.90. The Kier molecular flexibility index (Phi) is 6.54. The average Bonchev–Trinajstić information content (AvgIpc) is 3.38. The summed E-state index contributed by atoms with van der Waals surface area (Å²) >= 11 is 0. The van der Waals surface area contributed by atoms with E-state index in [-0.39, 0.29) is 30.4 Å². The van der Waals surface area contributed by atoms with Crippen LogP contribution in [-0.2, 0) is 14.3 Å². The number of carbonyl (C=O) groups excluding carboxylic acids is 2. The Hall–Kier alpha value is -3.32. The molecular formula is C27H30N2O5. The molecule has 7 nitrogen and oxygen atoms in total. The molecule has 0 bridgehead atoms. The van der Waals surface area contributed by atoms with Crippen LogP contribution >= 0.6 is 0 Å². The first-order valence-electron chi connectivity index (χ1n) is 12.0. The van der Waals surface area contributed by atoms with Crippen LogP contribution in [-0.4, -0.2) is 56.3 Å². The number of carbonyl (C=O) groups is 2. The van der Waals surface area contributed by atoms with E-state index < -0.39 is 0 Å². The van der Waals surface area contributed by atoms with Crippen LogP contribution in [0.25, 0.3) is 0 Å². The van der Waals surface area contributed by atoms with Gasteiger partial charge in [-0.2, -0.15) is 0 Å². The predicted octanol–water partition coefficient (Wildman–Crippen LogP) is 3.93. The molecule has 5 rings (SSSR count). The highest BCUT2D eigenvalue weighted by Crippen LogP contribution is 2.50. The van der Waals surface area contributed by atoms with E-state index in [1.165, 1.54) is 5.56 Å². The molecule has 0 radical (unpaired) electrons. The van der Waals surface area contributed by atoms with Crippen molar-refractivity contribution in [2.45, 2.75) is 25.3 Å². The third-order valence-corrected chi connectivity index (χ3v) is 6.84. The molecule has 0 aromatic heterocycles. The van der Waals surface area contributed by atoms with Gasteiger partial charge in [0.15, 0.2) is 6.61 Å². The van der Waals surface area contributed by atoms with Gasteiger partial charge in [-0.1, -0.05) is 24.3 Å². The number of nitrogens with one attached hydrogen (secondary N) is 1. The molecule has 0 spiro atoms. The SMILES string of the molecule is CCOC(=O)c1ccc2c(c1)[C@@H]1C=CC[C@@H]1[C@H](c1ccc(OCC(=O)N3CCOCC3)cc1)N2. The summed E-state index contributed by atoms with van der Waals surface area (Å²) in [6.45, 7) is 4.62. The van der Waals surface area contributed by atoms with Crippen molar-refractivity contribution < 1.29 is 23.8 Å². The Morgan fingerprint density at radius 1 is 1.12 bits per heavy atom. The van der Waals surface area contributed by atoms with Crippen molar-refractivity contribution in [1.29, 1.82) is 0 Å². The van der Waals surface area contributed by atoms with E-state index in [0.29, 0.717) is 50.1 Å². The summed E-state index contributed by atoms with van der Waals surface area (Å²) < 4.78 is 16.2. The summed E-state index contributed by atoms with van der Waals surface area (Å²) in [4.78, 5) is 26.3. The maximum Gasteiger partial charge on any atom is 0.338 e. The monoisotopic (exact) mass is 462 g/mol. The topological polar surface area (TPSA) is 77.1 Å². The van der Waals surface area contributed by atoms with Gasteiger partial charge in [-0.25, -0.2) is 4.79 Å². The van der Waals surface area contributed by atoms with Crippen LogP contribution < -0.4 is 10.1 Å². The summed E-state index contributed by atoms with van der Waals surface area (Å²) in [6.07, 6.45) is 5.45. The standard InChI is InChI=1S/C27H30N2O5/c1-2-33-27(31)19-8-11-24-23(16-19)21-4-3-5-22(21)26(28-24)18-6-9-20(10-7-18)34-17-25(30)29-12-14-32-15-13-29/h3-4,6-11,16,21-22,26,28H,2,5,12-15,17H2,1H3/t21-,22+,26+/m1/s1. The number of allylic oxidation sites excluding steroid dienone is 2. The fraction of sp³-hybridized carbons (Fsp3) is 0.407. The van der Waals surface area contributed by atoms with Crippen LogP contribution in [0.4, 0.5) is 5.69 Å². The van der Waals surface area contributed by atoms with Gasteiger partial charge in [0.2, 0.25) is 0 Å². The van der Waals surface area contributed by atoms with Crippen LogP contribution in [0.5, 0.6) is 5.75 Å². The first-order valence-corrected chi connectivity index (χ1v) is 12.0. The second-order valence-electron chi connectivity index (χ2n) is 8.85. The molecule has 0 unspecified atom stereocenters. The summed E-state index contributed by atoms with van der Waals surface area (Å²) in [5.41, 5.74) is 3.95. The van der Waals surface area contributed by atoms with Crippen molar-refractivity contribution in [3.8, 4) is 5.75 Å². The van der Waals surface area contributed by atoms with Gasteiger partial charge in [0, 0.05) is 24.7 Å². The number of benzene rings is 2. The molecular weight excluding hydrogens is 432 g/mol. The number of nitrogens with zero attached hydrogens (tertiary/aromatic N) is 1. The van der Waals surface area contributed by atoms with Crippen molar-refractivity contribution >= 4 is 17.6 Å². The van der Waals surface area contributed by atoms with Crippen LogP contribution in [0.15, 0.2) is 54.6 Å². The summed E-state index contributed by atoms with van der Waals surface area (Å²) in [6, 6.07) is 13.9. The van der Waals surface area contributed by atoms with Gasteiger partial charge in [-0.15, -0.1) is 0 Å². The number of anilines is 1. The highest BCUT2D eigenvalue weighted by atomic mass is 16.5. The van der Waals surface area contributed by atoms with E-state index in [1.807, 2.05) is 37.3 Å². The fourth-order valence-corrected chi connectivity index (χ4v) is 5.09. The van der Waals surface area contributed by atoms with E-state index >= 15 is 0 Å². The Bertz CT molecular complexity index is 1070. The van der Waals surface area contributed by atoms with Crippen LogP contribution in [0.1, 0.15) is 46.8 Å². The van der Waals surface area contributed by atoms with Crippen molar-refractivity contribution in [3.05, 3.63) is 71.3 Å². The summed E-state index contributed by atoms with van der Waals surface area (Å²) in [7, 11) is 0. The van der Waals surface area contributed by atoms with Gasteiger partial charge in [0.05, 0.1) is 31.4 Å². The molecule has 1 N–H and O–H groups in total. The number of ether oxygens (including phenoxy) is 3. The number of fused-ring (bicyclic) bond motifs is 3. The van der Waals surface area contributed by atoms with E-state index in [2.05, 4.69) is 29.6 Å². The lowest BCUT2D eigenvalue weighted by molar-refractivity contribution is -0.137. The van der Waals surface area contributed by atoms with Crippen molar-refractivity contribution in [2.75, 3.05) is 44.8 Å². The quantitative estimate of drug-likeness (QED) is 0.518. The average molecular weight is 463 g/mol.